The van der Waals surface area contributed by atoms with Gasteiger partial charge in [-0.3, -0.25) is 4.99 Å². The topological polar surface area (TPSA) is 39.7 Å². The summed E-state index contributed by atoms with van der Waals surface area (Å²) in [5, 5.41) is 6.71. The smallest absolute Gasteiger partial charge is 0.191 e. The SMILES string of the molecule is CCCCNC(=NC)NCc1ccccc1CN(C)C.I. The van der Waals surface area contributed by atoms with E-state index in [1.807, 2.05) is 7.05 Å². The quantitative estimate of drug-likeness (QED) is 0.318. The Balaban J connectivity index is 0.00000400. The molecule has 0 aliphatic rings. The molecule has 2 N–H and O–H groups in total. The van der Waals surface area contributed by atoms with Crippen molar-refractivity contribution in [2.75, 3.05) is 27.7 Å². The maximum absolute atomic E-state index is 4.25. The van der Waals surface area contributed by atoms with Gasteiger partial charge in [0.25, 0.3) is 0 Å². The Hall–Kier alpha value is -0.820. The Morgan fingerprint density at radius 3 is 2.38 bits per heavy atom. The van der Waals surface area contributed by atoms with E-state index in [-0.39, 0.29) is 24.0 Å². The first-order valence-electron chi connectivity index (χ1n) is 7.33. The fourth-order valence-corrected chi connectivity index (χ4v) is 2.01. The fourth-order valence-electron chi connectivity index (χ4n) is 2.01. The van der Waals surface area contributed by atoms with Crippen LogP contribution in [0.2, 0.25) is 0 Å². The van der Waals surface area contributed by atoms with Crippen molar-refractivity contribution in [3.8, 4) is 0 Å². The molecule has 21 heavy (non-hydrogen) atoms. The Kier molecular flexibility index (Phi) is 11.3. The number of nitrogens with one attached hydrogen (secondary N) is 2. The second-order valence-corrected chi connectivity index (χ2v) is 5.21. The summed E-state index contributed by atoms with van der Waals surface area (Å²) in [6.45, 7) is 4.92. The van der Waals surface area contributed by atoms with Crippen molar-refractivity contribution in [3.05, 3.63) is 35.4 Å². The van der Waals surface area contributed by atoms with Crippen LogP contribution in [0.1, 0.15) is 30.9 Å². The molecule has 0 bridgehead atoms. The van der Waals surface area contributed by atoms with Crippen LogP contribution >= 0.6 is 24.0 Å². The summed E-state index contributed by atoms with van der Waals surface area (Å²) < 4.78 is 0. The Morgan fingerprint density at radius 2 is 1.81 bits per heavy atom. The number of halogens is 1. The molecule has 0 fully saturated rings. The fraction of sp³-hybridized carbons (Fsp3) is 0.562. The number of hydrogen-bond acceptors (Lipinski definition) is 2. The van der Waals surface area contributed by atoms with Crippen LogP contribution in [0.15, 0.2) is 29.3 Å². The van der Waals surface area contributed by atoms with Crippen molar-refractivity contribution in [2.24, 2.45) is 4.99 Å². The monoisotopic (exact) mass is 404 g/mol. The Labute approximate surface area is 146 Å². The first-order chi connectivity index (χ1) is 9.67. The van der Waals surface area contributed by atoms with Crippen molar-refractivity contribution < 1.29 is 0 Å². The molecule has 0 unspecified atom stereocenters. The maximum Gasteiger partial charge on any atom is 0.191 e. The summed E-state index contributed by atoms with van der Waals surface area (Å²) in [5.74, 6) is 0.873. The average molecular weight is 404 g/mol. The third kappa shape index (κ3) is 8.26. The zero-order valence-corrected chi connectivity index (χ0v) is 16.0. The average Bonchev–Trinajstić information content (AvgIpc) is 2.43. The molecule has 5 heteroatoms. The van der Waals surface area contributed by atoms with Gasteiger partial charge in [0.2, 0.25) is 0 Å². The van der Waals surface area contributed by atoms with E-state index in [9.17, 15) is 0 Å². The molecule has 0 aromatic heterocycles. The molecule has 1 aromatic rings. The molecule has 0 heterocycles. The van der Waals surface area contributed by atoms with Crippen molar-refractivity contribution in [1.82, 2.24) is 15.5 Å². The third-order valence-electron chi connectivity index (χ3n) is 3.10. The van der Waals surface area contributed by atoms with Crippen LogP contribution in [0.5, 0.6) is 0 Å². The lowest BCUT2D eigenvalue weighted by Gasteiger charge is -2.16. The highest BCUT2D eigenvalue weighted by molar-refractivity contribution is 14.0. The molecular formula is C16H29IN4. The number of hydrogen-bond donors (Lipinski definition) is 2. The third-order valence-corrected chi connectivity index (χ3v) is 3.10. The van der Waals surface area contributed by atoms with E-state index in [1.165, 1.54) is 17.5 Å². The number of unbranched alkanes of at least 4 members (excludes halogenated alkanes) is 1. The Bertz CT molecular complexity index is 418. The van der Waals surface area contributed by atoms with Gasteiger partial charge in [-0.1, -0.05) is 37.6 Å². The first kappa shape index (κ1) is 20.2. The molecule has 0 saturated carbocycles. The molecule has 0 aliphatic carbocycles. The van der Waals surface area contributed by atoms with Crippen LogP contribution in [-0.2, 0) is 13.1 Å². The first-order valence-corrected chi connectivity index (χ1v) is 7.33. The van der Waals surface area contributed by atoms with Crippen molar-refractivity contribution in [2.45, 2.75) is 32.9 Å². The van der Waals surface area contributed by atoms with Crippen molar-refractivity contribution >= 4 is 29.9 Å². The summed E-state index contributed by atoms with van der Waals surface area (Å²) in [7, 11) is 6.00. The van der Waals surface area contributed by atoms with Crippen LogP contribution in [0.3, 0.4) is 0 Å². The zero-order chi connectivity index (χ0) is 14.8. The molecule has 0 saturated heterocycles. The second-order valence-electron chi connectivity index (χ2n) is 5.21. The molecule has 0 radical (unpaired) electrons. The van der Waals surface area contributed by atoms with Crippen molar-refractivity contribution in [1.29, 1.82) is 0 Å². The van der Waals surface area contributed by atoms with Gasteiger partial charge < -0.3 is 15.5 Å². The lowest BCUT2D eigenvalue weighted by molar-refractivity contribution is 0.400. The van der Waals surface area contributed by atoms with Crippen LogP contribution in [0, 0.1) is 0 Å². The molecule has 4 nitrogen and oxygen atoms in total. The van der Waals surface area contributed by atoms with Gasteiger partial charge in [-0.25, -0.2) is 0 Å². The summed E-state index contributed by atoms with van der Waals surface area (Å²) >= 11 is 0. The molecule has 0 spiro atoms. The van der Waals surface area contributed by atoms with E-state index < -0.39 is 0 Å². The van der Waals surface area contributed by atoms with Gasteiger partial charge in [0.15, 0.2) is 5.96 Å². The van der Waals surface area contributed by atoms with Crippen LogP contribution in [0.25, 0.3) is 0 Å². The second kappa shape index (κ2) is 11.8. The standard InChI is InChI=1S/C16H28N4.HI/c1-5-6-11-18-16(17-2)19-12-14-9-7-8-10-15(14)13-20(3)4;/h7-10H,5-6,11-13H2,1-4H3,(H2,17,18,19);1H. The predicted molar refractivity (Wildman–Crippen MR) is 102 cm³/mol. The van der Waals surface area contributed by atoms with Gasteiger partial charge in [0.1, 0.15) is 0 Å². The van der Waals surface area contributed by atoms with Gasteiger partial charge in [0, 0.05) is 26.7 Å². The molecule has 120 valence electrons. The Morgan fingerprint density at radius 1 is 1.14 bits per heavy atom. The largest absolute Gasteiger partial charge is 0.356 e. The van der Waals surface area contributed by atoms with Gasteiger partial charge >= 0.3 is 0 Å². The van der Waals surface area contributed by atoms with Gasteiger partial charge in [-0.2, -0.15) is 0 Å². The summed E-state index contributed by atoms with van der Waals surface area (Å²) in [6.07, 6.45) is 2.35. The summed E-state index contributed by atoms with van der Waals surface area (Å²) in [5.41, 5.74) is 2.67. The minimum Gasteiger partial charge on any atom is -0.356 e. The molecule has 1 rings (SSSR count). The number of nitrogens with zero attached hydrogens (tertiary/aromatic N) is 2. The summed E-state index contributed by atoms with van der Waals surface area (Å²) in [6, 6.07) is 8.54. The minimum atomic E-state index is 0. The normalized spacial score (nSPS) is 11.2. The molecule has 0 atom stereocenters. The van der Waals surface area contributed by atoms with E-state index in [0.717, 1.165) is 32.0 Å². The van der Waals surface area contributed by atoms with Crippen LogP contribution in [0.4, 0.5) is 0 Å². The number of guanidine groups is 1. The van der Waals surface area contributed by atoms with Gasteiger partial charge in [0.05, 0.1) is 0 Å². The number of benzene rings is 1. The van der Waals surface area contributed by atoms with Crippen LogP contribution < -0.4 is 10.6 Å². The highest BCUT2D eigenvalue weighted by Gasteiger charge is 2.04. The number of rotatable bonds is 7. The van der Waals surface area contributed by atoms with E-state index in [4.69, 9.17) is 0 Å². The van der Waals surface area contributed by atoms with E-state index >= 15 is 0 Å². The van der Waals surface area contributed by atoms with Crippen LogP contribution in [-0.4, -0.2) is 38.5 Å². The molecule has 0 amide bonds. The lowest BCUT2D eigenvalue weighted by atomic mass is 10.1. The van der Waals surface area contributed by atoms with Gasteiger partial charge in [-0.05, 0) is 31.6 Å². The highest BCUT2D eigenvalue weighted by atomic mass is 127. The van der Waals surface area contributed by atoms with Crippen molar-refractivity contribution in [3.63, 3.8) is 0 Å². The minimum absolute atomic E-state index is 0. The molecule has 1 aromatic carbocycles. The van der Waals surface area contributed by atoms with E-state index in [1.54, 1.807) is 0 Å². The predicted octanol–water partition coefficient (Wildman–Crippen LogP) is 2.83. The molecule has 0 aliphatic heterocycles. The number of aliphatic imine (C=N–C) groups is 1. The van der Waals surface area contributed by atoms with E-state index in [0.29, 0.717) is 0 Å². The molecular weight excluding hydrogens is 375 g/mol. The lowest BCUT2D eigenvalue weighted by Crippen LogP contribution is -2.37. The maximum atomic E-state index is 4.25. The van der Waals surface area contributed by atoms with E-state index in [2.05, 4.69) is 65.8 Å². The van der Waals surface area contributed by atoms with Gasteiger partial charge in [-0.15, -0.1) is 24.0 Å². The zero-order valence-electron chi connectivity index (χ0n) is 13.6. The summed E-state index contributed by atoms with van der Waals surface area (Å²) in [4.78, 5) is 6.44. The highest BCUT2D eigenvalue weighted by Crippen LogP contribution is 2.10.